The molecule has 0 amide bonds. The Balaban J connectivity index is 2.12. The molecule has 0 aliphatic carbocycles. The van der Waals surface area contributed by atoms with Gasteiger partial charge in [0.15, 0.2) is 11.0 Å². The first-order valence-electron chi connectivity index (χ1n) is 4.89. The molecular formula is C10H12ClN5. The molecule has 0 aliphatic heterocycles. The van der Waals surface area contributed by atoms with Gasteiger partial charge in [0.2, 0.25) is 0 Å². The lowest BCUT2D eigenvalue weighted by Crippen LogP contribution is -2.05. The maximum atomic E-state index is 5.98. The molecule has 0 aliphatic rings. The molecule has 2 rings (SSSR count). The Morgan fingerprint density at radius 2 is 2.06 bits per heavy atom. The summed E-state index contributed by atoms with van der Waals surface area (Å²) in [7, 11) is 0. The summed E-state index contributed by atoms with van der Waals surface area (Å²) in [4.78, 5) is 8.52. The second-order valence-corrected chi connectivity index (χ2v) is 3.83. The lowest BCUT2D eigenvalue weighted by atomic mass is 10.3. The number of aromatic nitrogens is 4. The molecule has 0 fully saturated rings. The second kappa shape index (κ2) is 4.49. The van der Waals surface area contributed by atoms with Gasteiger partial charge in [-0.05, 0) is 19.9 Å². The minimum absolute atomic E-state index is 0.391. The Hall–Kier alpha value is -1.62. The van der Waals surface area contributed by atoms with E-state index in [4.69, 9.17) is 11.6 Å². The molecule has 0 aromatic carbocycles. The summed E-state index contributed by atoms with van der Waals surface area (Å²) in [6.45, 7) is 4.38. The number of anilines is 1. The predicted molar refractivity (Wildman–Crippen MR) is 62.4 cm³/mol. The van der Waals surface area contributed by atoms with Gasteiger partial charge >= 0.3 is 0 Å². The number of H-pyrrole nitrogens is 1. The average molecular weight is 238 g/mol. The van der Waals surface area contributed by atoms with Gasteiger partial charge in [0.1, 0.15) is 0 Å². The normalized spacial score (nSPS) is 10.4. The summed E-state index contributed by atoms with van der Waals surface area (Å²) in [5, 5.41) is 10.2. The van der Waals surface area contributed by atoms with Crippen LogP contribution in [0.2, 0.25) is 5.15 Å². The van der Waals surface area contributed by atoms with Crippen molar-refractivity contribution in [2.45, 2.75) is 20.4 Å². The van der Waals surface area contributed by atoms with Crippen molar-refractivity contribution in [1.29, 1.82) is 0 Å². The third-order valence-corrected chi connectivity index (χ3v) is 2.53. The van der Waals surface area contributed by atoms with E-state index in [0.29, 0.717) is 17.5 Å². The van der Waals surface area contributed by atoms with Crippen molar-refractivity contribution in [2.75, 3.05) is 5.32 Å². The molecule has 0 saturated heterocycles. The quantitative estimate of drug-likeness (QED) is 0.858. The maximum absolute atomic E-state index is 5.98. The van der Waals surface area contributed by atoms with Crippen molar-refractivity contribution in [3.05, 3.63) is 34.5 Å². The van der Waals surface area contributed by atoms with Crippen LogP contribution < -0.4 is 5.32 Å². The zero-order valence-electron chi connectivity index (χ0n) is 9.08. The molecule has 16 heavy (non-hydrogen) atoms. The number of hydrogen-bond acceptors (Lipinski definition) is 4. The van der Waals surface area contributed by atoms with E-state index in [1.165, 1.54) is 0 Å². The topological polar surface area (TPSA) is 66.5 Å². The van der Waals surface area contributed by atoms with Gasteiger partial charge in [-0.25, -0.2) is 9.97 Å². The summed E-state index contributed by atoms with van der Waals surface area (Å²) in [6, 6.07) is 1.88. The Labute approximate surface area is 98.3 Å². The van der Waals surface area contributed by atoms with Gasteiger partial charge in [-0.3, -0.25) is 5.10 Å². The lowest BCUT2D eigenvalue weighted by Gasteiger charge is -2.07. The van der Waals surface area contributed by atoms with Crippen LogP contribution in [0.5, 0.6) is 0 Å². The number of halogens is 1. The van der Waals surface area contributed by atoms with E-state index < -0.39 is 0 Å². The van der Waals surface area contributed by atoms with E-state index in [0.717, 1.165) is 17.1 Å². The van der Waals surface area contributed by atoms with Gasteiger partial charge in [0.25, 0.3) is 0 Å². The molecule has 0 bridgehead atoms. The van der Waals surface area contributed by atoms with E-state index in [1.807, 2.05) is 19.9 Å². The number of aryl methyl sites for hydroxylation is 2. The SMILES string of the molecule is Cc1nc(Cl)c(NCc2ccn[nH]2)nc1C. The molecule has 2 heterocycles. The molecule has 5 nitrogen and oxygen atoms in total. The zero-order valence-corrected chi connectivity index (χ0v) is 9.84. The van der Waals surface area contributed by atoms with Crippen LogP contribution in [0.4, 0.5) is 5.82 Å². The highest BCUT2D eigenvalue weighted by atomic mass is 35.5. The van der Waals surface area contributed by atoms with Gasteiger partial charge in [-0.1, -0.05) is 11.6 Å². The van der Waals surface area contributed by atoms with E-state index in [1.54, 1.807) is 6.20 Å². The van der Waals surface area contributed by atoms with E-state index in [2.05, 4.69) is 25.5 Å². The number of rotatable bonds is 3. The fourth-order valence-electron chi connectivity index (χ4n) is 1.25. The highest BCUT2D eigenvalue weighted by molar-refractivity contribution is 6.31. The summed E-state index contributed by atoms with van der Waals surface area (Å²) in [6.07, 6.45) is 1.70. The molecule has 0 radical (unpaired) electrons. The van der Waals surface area contributed by atoms with Crippen molar-refractivity contribution in [3.8, 4) is 0 Å². The summed E-state index contributed by atoms with van der Waals surface area (Å²) < 4.78 is 0. The van der Waals surface area contributed by atoms with Gasteiger partial charge in [-0.15, -0.1) is 0 Å². The number of hydrogen-bond donors (Lipinski definition) is 2. The zero-order chi connectivity index (χ0) is 11.5. The predicted octanol–water partition coefficient (Wildman–Crippen LogP) is 2.08. The van der Waals surface area contributed by atoms with E-state index in [9.17, 15) is 0 Å². The molecule has 0 unspecified atom stereocenters. The Kier molecular flexibility index (Phi) is 3.05. The highest BCUT2D eigenvalue weighted by Crippen LogP contribution is 2.18. The molecule has 2 N–H and O–H groups in total. The van der Waals surface area contributed by atoms with Crippen LogP contribution in [0, 0.1) is 13.8 Å². The highest BCUT2D eigenvalue weighted by Gasteiger charge is 2.06. The smallest absolute Gasteiger partial charge is 0.171 e. The van der Waals surface area contributed by atoms with Crippen LogP contribution >= 0.6 is 11.6 Å². The lowest BCUT2D eigenvalue weighted by molar-refractivity contribution is 0.960. The molecule has 2 aromatic rings. The van der Waals surface area contributed by atoms with E-state index >= 15 is 0 Å². The third kappa shape index (κ3) is 2.30. The van der Waals surface area contributed by atoms with Gasteiger partial charge in [0, 0.05) is 6.20 Å². The summed E-state index contributed by atoms with van der Waals surface area (Å²) in [5.41, 5.74) is 2.68. The third-order valence-electron chi connectivity index (χ3n) is 2.27. The average Bonchev–Trinajstić information content (AvgIpc) is 2.74. The number of aromatic amines is 1. The molecule has 6 heteroatoms. The van der Waals surface area contributed by atoms with Crippen molar-refractivity contribution in [2.24, 2.45) is 0 Å². The first-order chi connectivity index (χ1) is 7.66. The maximum Gasteiger partial charge on any atom is 0.171 e. The van der Waals surface area contributed by atoms with Crippen LogP contribution in [0.1, 0.15) is 17.1 Å². The summed E-state index contributed by atoms with van der Waals surface area (Å²) in [5.74, 6) is 0.597. The van der Waals surface area contributed by atoms with Gasteiger partial charge < -0.3 is 5.32 Å². The second-order valence-electron chi connectivity index (χ2n) is 3.47. The van der Waals surface area contributed by atoms with Crippen LogP contribution in [0.3, 0.4) is 0 Å². The Bertz CT molecular complexity index is 480. The van der Waals surface area contributed by atoms with Gasteiger partial charge in [-0.2, -0.15) is 5.10 Å². The fraction of sp³-hybridized carbons (Fsp3) is 0.300. The monoisotopic (exact) mass is 237 g/mol. The fourth-order valence-corrected chi connectivity index (χ4v) is 1.49. The first-order valence-corrected chi connectivity index (χ1v) is 5.27. The number of nitrogens with one attached hydrogen (secondary N) is 2. The van der Waals surface area contributed by atoms with Crippen LogP contribution in [0.25, 0.3) is 0 Å². The Morgan fingerprint density at radius 1 is 1.31 bits per heavy atom. The first kappa shape index (κ1) is 10.9. The summed E-state index contributed by atoms with van der Waals surface area (Å²) >= 11 is 5.98. The van der Waals surface area contributed by atoms with Crippen molar-refractivity contribution in [1.82, 2.24) is 20.2 Å². The number of nitrogens with zero attached hydrogens (tertiary/aromatic N) is 3. The Morgan fingerprint density at radius 3 is 2.75 bits per heavy atom. The van der Waals surface area contributed by atoms with E-state index in [-0.39, 0.29) is 0 Å². The van der Waals surface area contributed by atoms with Crippen molar-refractivity contribution >= 4 is 17.4 Å². The minimum atomic E-state index is 0.391. The van der Waals surface area contributed by atoms with Crippen LogP contribution in [-0.4, -0.2) is 20.2 Å². The molecule has 0 atom stereocenters. The van der Waals surface area contributed by atoms with Crippen LogP contribution in [-0.2, 0) is 6.54 Å². The minimum Gasteiger partial charge on any atom is -0.362 e. The molecule has 0 saturated carbocycles. The molecule has 0 spiro atoms. The van der Waals surface area contributed by atoms with Gasteiger partial charge in [0.05, 0.1) is 23.6 Å². The molecular weight excluding hydrogens is 226 g/mol. The standard InChI is InChI=1S/C10H12ClN5/c1-6-7(2)15-10(9(11)14-6)12-5-8-3-4-13-16-8/h3-4H,5H2,1-2H3,(H,12,15)(H,13,16). The molecule has 2 aromatic heterocycles. The van der Waals surface area contributed by atoms with Crippen LogP contribution in [0.15, 0.2) is 12.3 Å². The van der Waals surface area contributed by atoms with Crippen molar-refractivity contribution in [3.63, 3.8) is 0 Å². The largest absolute Gasteiger partial charge is 0.362 e. The van der Waals surface area contributed by atoms with Crippen molar-refractivity contribution < 1.29 is 0 Å². The molecule has 84 valence electrons.